The number of benzene rings is 2. The molecule has 2 aromatic heterocycles. The third kappa shape index (κ3) is 5.55. The van der Waals surface area contributed by atoms with E-state index in [0.29, 0.717) is 18.7 Å². The third-order valence-electron chi connectivity index (χ3n) is 5.11. The molecular formula is C24H25FN4OS2. The van der Waals surface area contributed by atoms with E-state index >= 15 is 0 Å². The number of thioether (sulfide) groups is 1. The van der Waals surface area contributed by atoms with Crippen molar-refractivity contribution in [1.29, 1.82) is 0 Å². The predicted molar refractivity (Wildman–Crippen MR) is 130 cm³/mol. The van der Waals surface area contributed by atoms with Gasteiger partial charge in [0, 0.05) is 42.6 Å². The number of fused-ring (bicyclic) bond motifs is 1. The van der Waals surface area contributed by atoms with Crippen LogP contribution in [0.2, 0.25) is 0 Å². The van der Waals surface area contributed by atoms with E-state index in [1.54, 1.807) is 47.8 Å². The number of anilines is 1. The van der Waals surface area contributed by atoms with Gasteiger partial charge in [-0.05, 0) is 61.7 Å². The molecule has 2 heterocycles. The topological polar surface area (TPSA) is 51.0 Å². The summed E-state index contributed by atoms with van der Waals surface area (Å²) in [5.41, 5.74) is 3.28. The zero-order valence-corrected chi connectivity index (χ0v) is 19.8. The Morgan fingerprint density at radius 1 is 1.22 bits per heavy atom. The number of aromatic nitrogens is 3. The Labute approximate surface area is 195 Å². The SMILES string of the molecule is Cc1cc(C)c2nc(N(CCCn3ccnc3)C(=O)CCSc3ccc(F)cc3)sc2c1. The first-order valence-corrected chi connectivity index (χ1v) is 12.3. The molecule has 0 spiro atoms. The number of halogens is 1. The molecule has 166 valence electrons. The number of aryl methyl sites for hydroxylation is 3. The highest BCUT2D eigenvalue weighted by Crippen LogP contribution is 2.32. The van der Waals surface area contributed by atoms with Gasteiger partial charge in [-0.3, -0.25) is 9.69 Å². The Hall–Kier alpha value is -2.71. The highest BCUT2D eigenvalue weighted by Gasteiger charge is 2.20. The summed E-state index contributed by atoms with van der Waals surface area (Å²) in [6, 6.07) is 10.6. The minimum absolute atomic E-state index is 0.0543. The Morgan fingerprint density at radius 2 is 2.03 bits per heavy atom. The zero-order chi connectivity index (χ0) is 22.5. The molecule has 0 aliphatic heterocycles. The van der Waals surface area contributed by atoms with Crippen LogP contribution in [0, 0.1) is 19.7 Å². The molecule has 0 radical (unpaired) electrons. The molecule has 0 fully saturated rings. The van der Waals surface area contributed by atoms with E-state index in [2.05, 4.69) is 31.0 Å². The number of thiazole rings is 1. The van der Waals surface area contributed by atoms with E-state index in [1.165, 1.54) is 17.7 Å². The molecular weight excluding hydrogens is 443 g/mol. The van der Waals surface area contributed by atoms with Gasteiger partial charge in [-0.15, -0.1) is 11.8 Å². The summed E-state index contributed by atoms with van der Waals surface area (Å²) in [4.78, 5) is 24.9. The molecule has 1 amide bonds. The fraction of sp³-hybridized carbons (Fsp3) is 0.292. The maximum Gasteiger partial charge on any atom is 0.229 e. The number of nitrogens with zero attached hydrogens (tertiary/aromatic N) is 4. The Balaban J connectivity index is 1.48. The van der Waals surface area contributed by atoms with Crippen molar-refractivity contribution >= 4 is 44.4 Å². The fourth-order valence-electron chi connectivity index (χ4n) is 3.55. The van der Waals surface area contributed by atoms with Gasteiger partial charge >= 0.3 is 0 Å². The Morgan fingerprint density at radius 3 is 2.78 bits per heavy atom. The zero-order valence-electron chi connectivity index (χ0n) is 18.1. The lowest BCUT2D eigenvalue weighted by molar-refractivity contribution is -0.118. The van der Waals surface area contributed by atoms with Crippen LogP contribution in [0.15, 0.2) is 60.0 Å². The van der Waals surface area contributed by atoms with Crippen molar-refractivity contribution in [3.63, 3.8) is 0 Å². The first-order chi connectivity index (χ1) is 15.5. The maximum absolute atomic E-state index is 13.2. The van der Waals surface area contributed by atoms with E-state index < -0.39 is 0 Å². The third-order valence-corrected chi connectivity index (χ3v) is 7.15. The quantitative estimate of drug-likeness (QED) is 0.289. The first-order valence-electron chi connectivity index (χ1n) is 10.5. The van der Waals surface area contributed by atoms with Crippen LogP contribution < -0.4 is 4.90 Å². The second kappa shape index (κ2) is 10.3. The molecule has 0 aliphatic carbocycles. The lowest BCUT2D eigenvalue weighted by Crippen LogP contribution is -2.32. The number of hydrogen-bond donors (Lipinski definition) is 0. The predicted octanol–water partition coefficient (Wildman–Crippen LogP) is 5.85. The van der Waals surface area contributed by atoms with Crippen LogP contribution in [0.1, 0.15) is 24.0 Å². The minimum atomic E-state index is -0.254. The van der Waals surface area contributed by atoms with E-state index in [4.69, 9.17) is 4.98 Å². The van der Waals surface area contributed by atoms with Crippen molar-refractivity contribution in [2.45, 2.75) is 38.1 Å². The van der Waals surface area contributed by atoms with Gasteiger partial charge in [0.15, 0.2) is 5.13 Å². The van der Waals surface area contributed by atoms with Crippen molar-refractivity contribution in [3.8, 4) is 0 Å². The standard InChI is InChI=1S/C24H25FN4OS2/c1-17-14-18(2)23-21(15-17)32-24(27-23)29(11-3-10-28-12-9-26-16-28)22(30)8-13-31-20-6-4-19(25)5-7-20/h4-7,9,12,14-16H,3,8,10-11,13H2,1-2H3. The molecule has 4 aromatic rings. The van der Waals surface area contributed by atoms with Crippen molar-refractivity contribution in [3.05, 3.63) is 72.1 Å². The van der Waals surface area contributed by atoms with E-state index in [-0.39, 0.29) is 11.7 Å². The number of carbonyl (C=O) groups is 1. The molecule has 8 heteroatoms. The summed E-state index contributed by atoms with van der Waals surface area (Å²) in [6.07, 6.45) is 6.67. The highest BCUT2D eigenvalue weighted by atomic mass is 32.2. The van der Waals surface area contributed by atoms with Crippen LogP contribution in [-0.2, 0) is 11.3 Å². The molecule has 0 N–H and O–H groups in total. The van der Waals surface area contributed by atoms with Gasteiger partial charge in [0.05, 0.1) is 16.5 Å². The molecule has 0 bridgehead atoms. The Kier molecular flexibility index (Phi) is 7.22. The highest BCUT2D eigenvalue weighted by molar-refractivity contribution is 7.99. The smallest absolute Gasteiger partial charge is 0.229 e. The normalized spacial score (nSPS) is 11.2. The molecule has 0 aliphatic rings. The molecule has 5 nitrogen and oxygen atoms in total. The van der Waals surface area contributed by atoms with Gasteiger partial charge in [0.2, 0.25) is 5.91 Å². The van der Waals surface area contributed by atoms with Gasteiger partial charge < -0.3 is 4.57 Å². The summed E-state index contributed by atoms with van der Waals surface area (Å²) in [5, 5.41) is 0.746. The largest absolute Gasteiger partial charge is 0.337 e. The van der Waals surface area contributed by atoms with Crippen LogP contribution >= 0.6 is 23.1 Å². The lowest BCUT2D eigenvalue weighted by Gasteiger charge is -2.20. The van der Waals surface area contributed by atoms with E-state index in [0.717, 1.165) is 38.8 Å². The van der Waals surface area contributed by atoms with E-state index in [9.17, 15) is 9.18 Å². The number of carbonyl (C=O) groups excluding carboxylic acids is 1. The second-order valence-electron chi connectivity index (χ2n) is 7.68. The Bertz CT molecular complexity index is 1190. The van der Waals surface area contributed by atoms with Crippen LogP contribution in [0.4, 0.5) is 9.52 Å². The first kappa shape index (κ1) is 22.5. The van der Waals surface area contributed by atoms with Crippen molar-refractivity contribution in [2.24, 2.45) is 0 Å². The van der Waals surface area contributed by atoms with Crippen LogP contribution in [0.5, 0.6) is 0 Å². The number of rotatable bonds is 9. The van der Waals surface area contributed by atoms with Gasteiger partial charge in [-0.1, -0.05) is 17.4 Å². The summed E-state index contributed by atoms with van der Waals surface area (Å²) >= 11 is 3.13. The van der Waals surface area contributed by atoms with Gasteiger partial charge in [0.25, 0.3) is 0 Å². The summed E-state index contributed by atoms with van der Waals surface area (Å²) in [5.74, 6) is 0.431. The number of imidazole rings is 1. The van der Waals surface area contributed by atoms with E-state index in [1.807, 2.05) is 15.7 Å². The van der Waals surface area contributed by atoms with Crippen LogP contribution in [0.25, 0.3) is 10.2 Å². The van der Waals surface area contributed by atoms with Crippen molar-refractivity contribution in [2.75, 3.05) is 17.2 Å². The molecule has 0 saturated carbocycles. The van der Waals surface area contributed by atoms with Gasteiger partial charge in [-0.25, -0.2) is 14.4 Å². The minimum Gasteiger partial charge on any atom is -0.337 e. The number of hydrogen-bond acceptors (Lipinski definition) is 5. The van der Waals surface area contributed by atoms with Crippen LogP contribution in [0.3, 0.4) is 0 Å². The summed E-state index contributed by atoms with van der Waals surface area (Å²) in [7, 11) is 0. The van der Waals surface area contributed by atoms with Crippen LogP contribution in [-0.4, -0.2) is 32.7 Å². The van der Waals surface area contributed by atoms with Crippen molar-refractivity contribution in [1.82, 2.24) is 14.5 Å². The summed E-state index contributed by atoms with van der Waals surface area (Å²) < 4.78 is 16.2. The molecule has 0 atom stereocenters. The lowest BCUT2D eigenvalue weighted by atomic mass is 10.1. The molecule has 0 unspecified atom stereocenters. The molecule has 0 saturated heterocycles. The summed E-state index contributed by atoms with van der Waals surface area (Å²) in [6.45, 7) is 5.52. The van der Waals surface area contributed by atoms with Crippen molar-refractivity contribution < 1.29 is 9.18 Å². The molecule has 32 heavy (non-hydrogen) atoms. The molecule has 2 aromatic carbocycles. The monoisotopic (exact) mass is 468 g/mol. The second-order valence-corrected chi connectivity index (χ2v) is 9.85. The van der Waals surface area contributed by atoms with Gasteiger partial charge in [0.1, 0.15) is 5.82 Å². The maximum atomic E-state index is 13.2. The average Bonchev–Trinajstić information content (AvgIpc) is 3.42. The fourth-order valence-corrected chi connectivity index (χ4v) is 5.58. The average molecular weight is 469 g/mol. The van der Waals surface area contributed by atoms with Gasteiger partial charge in [-0.2, -0.15) is 0 Å². The number of amides is 1. The molecule has 4 rings (SSSR count).